The number of pyridine rings is 1. The van der Waals surface area contributed by atoms with E-state index in [1.807, 2.05) is 0 Å². The number of halogens is 2. The predicted molar refractivity (Wildman–Crippen MR) is 98.3 cm³/mol. The molecular weight excluding hydrogens is 375 g/mol. The summed E-state index contributed by atoms with van der Waals surface area (Å²) in [4.78, 5) is 28.1. The van der Waals surface area contributed by atoms with Gasteiger partial charge in [-0.1, -0.05) is 11.6 Å². The van der Waals surface area contributed by atoms with E-state index < -0.39 is 11.9 Å². The predicted octanol–water partition coefficient (Wildman–Crippen LogP) is 3.37. The summed E-state index contributed by atoms with van der Waals surface area (Å²) < 4.78 is 14.2. The molecule has 1 atom stereocenters. The molecule has 0 aromatic carbocycles. The average molecular weight is 391 g/mol. The highest BCUT2D eigenvalue weighted by molar-refractivity contribution is 6.31. The van der Waals surface area contributed by atoms with Crippen molar-refractivity contribution in [3.8, 4) is 11.4 Å². The number of aromatic nitrogens is 4. The van der Waals surface area contributed by atoms with Gasteiger partial charge in [-0.3, -0.25) is 0 Å². The Labute approximate surface area is 158 Å². The summed E-state index contributed by atoms with van der Waals surface area (Å²) in [6.07, 6.45) is 4.77. The summed E-state index contributed by atoms with van der Waals surface area (Å²) in [6, 6.07) is 1.52. The lowest BCUT2D eigenvalue weighted by Crippen LogP contribution is -2.44. The van der Waals surface area contributed by atoms with Crippen molar-refractivity contribution in [1.82, 2.24) is 24.8 Å². The maximum atomic E-state index is 14.2. The molecule has 8 nitrogen and oxygen atoms in total. The third kappa shape index (κ3) is 3.50. The van der Waals surface area contributed by atoms with Crippen molar-refractivity contribution in [2.24, 2.45) is 0 Å². The molecule has 140 valence electrons. The van der Waals surface area contributed by atoms with Crippen LogP contribution in [-0.2, 0) is 0 Å². The molecule has 0 unspecified atom stereocenters. The first-order chi connectivity index (χ1) is 13.0. The van der Waals surface area contributed by atoms with Gasteiger partial charge in [0.2, 0.25) is 0 Å². The average Bonchev–Trinajstić information content (AvgIpc) is 3.07. The highest BCUT2D eigenvalue weighted by Crippen LogP contribution is 2.28. The van der Waals surface area contributed by atoms with Crippen LogP contribution in [0.3, 0.4) is 0 Å². The molecule has 1 aliphatic rings. The van der Waals surface area contributed by atoms with Crippen LogP contribution in [0.15, 0.2) is 24.7 Å². The minimum Gasteiger partial charge on any atom is -0.465 e. The molecule has 3 aromatic rings. The Morgan fingerprint density at radius 3 is 3.07 bits per heavy atom. The van der Waals surface area contributed by atoms with Crippen LogP contribution >= 0.6 is 11.6 Å². The zero-order valence-corrected chi connectivity index (χ0v) is 14.9. The minimum absolute atomic E-state index is 0.0431. The molecule has 4 rings (SSSR count). The van der Waals surface area contributed by atoms with E-state index in [1.54, 1.807) is 12.3 Å². The van der Waals surface area contributed by atoms with E-state index in [0.717, 1.165) is 18.0 Å². The molecule has 10 heteroatoms. The van der Waals surface area contributed by atoms with Crippen LogP contribution in [0.4, 0.5) is 15.0 Å². The van der Waals surface area contributed by atoms with Gasteiger partial charge in [0.15, 0.2) is 17.5 Å². The van der Waals surface area contributed by atoms with Crippen molar-refractivity contribution in [2.75, 3.05) is 18.4 Å². The molecule has 0 spiro atoms. The lowest BCUT2D eigenvalue weighted by atomic mass is 10.1. The number of nitrogens with one attached hydrogen (secondary N) is 2. The second kappa shape index (κ2) is 6.99. The summed E-state index contributed by atoms with van der Waals surface area (Å²) >= 11 is 6.02. The second-order valence-electron chi connectivity index (χ2n) is 6.35. The number of carbonyl (C=O) groups is 1. The van der Waals surface area contributed by atoms with Gasteiger partial charge in [-0.15, -0.1) is 0 Å². The van der Waals surface area contributed by atoms with Crippen LogP contribution in [0.2, 0.25) is 5.02 Å². The Morgan fingerprint density at radius 2 is 2.26 bits per heavy atom. The van der Waals surface area contributed by atoms with Gasteiger partial charge in [0.25, 0.3) is 0 Å². The molecule has 3 N–H and O–H groups in total. The summed E-state index contributed by atoms with van der Waals surface area (Å²) in [5, 5.41) is 13.4. The van der Waals surface area contributed by atoms with E-state index in [4.69, 9.17) is 16.7 Å². The number of carboxylic acid groups (broad SMARTS) is 1. The van der Waals surface area contributed by atoms with Crippen LogP contribution in [0.5, 0.6) is 0 Å². The lowest BCUT2D eigenvalue weighted by molar-refractivity contribution is 0.132. The van der Waals surface area contributed by atoms with E-state index >= 15 is 0 Å². The van der Waals surface area contributed by atoms with Gasteiger partial charge in [-0.05, 0) is 18.9 Å². The normalized spacial score (nSPS) is 17.3. The van der Waals surface area contributed by atoms with Gasteiger partial charge < -0.3 is 20.3 Å². The number of likely N-dealkylation sites (tertiary alicyclic amines) is 1. The number of hydrogen-bond donors (Lipinski definition) is 3. The van der Waals surface area contributed by atoms with Crippen LogP contribution in [0, 0.1) is 5.82 Å². The fourth-order valence-electron chi connectivity index (χ4n) is 3.22. The molecule has 4 heterocycles. The molecule has 1 saturated heterocycles. The fraction of sp³-hybridized carbons (Fsp3) is 0.294. The third-order valence-electron chi connectivity index (χ3n) is 4.52. The van der Waals surface area contributed by atoms with Gasteiger partial charge in [0.05, 0.1) is 11.2 Å². The summed E-state index contributed by atoms with van der Waals surface area (Å²) in [5.41, 5.74) is 1.28. The number of H-pyrrole nitrogens is 1. The molecule has 0 bridgehead atoms. The topological polar surface area (TPSA) is 107 Å². The smallest absolute Gasteiger partial charge is 0.407 e. The third-order valence-corrected chi connectivity index (χ3v) is 4.72. The van der Waals surface area contributed by atoms with Crippen molar-refractivity contribution < 1.29 is 14.3 Å². The number of piperidine rings is 1. The Hall–Kier alpha value is -2.94. The molecule has 0 aliphatic carbocycles. The lowest BCUT2D eigenvalue weighted by Gasteiger charge is -2.31. The first-order valence-electron chi connectivity index (χ1n) is 8.41. The molecule has 1 aliphatic heterocycles. The van der Waals surface area contributed by atoms with Crippen LogP contribution in [0.25, 0.3) is 22.4 Å². The number of fused-ring (bicyclic) bond motifs is 1. The zero-order valence-electron chi connectivity index (χ0n) is 14.1. The maximum Gasteiger partial charge on any atom is 0.407 e. The van der Waals surface area contributed by atoms with Crippen LogP contribution < -0.4 is 5.32 Å². The quantitative estimate of drug-likeness (QED) is 0.633. The van der Waals surface area contributed by atoms with E-state index in [1.165, 1.54) is 11.1 Å². The Balaban J connectivity index is 1.63. The van der Waals surface area contributed by atoms with Crippen molar-refractivity contribution in [3.05, 3.63) is 35.5 Å². The van der Waals surface area contributed by atoms with Crippen molar-refractivity contribution in [3.63, 3.8) is 0 Å². The fourth-order valence-corrected chi connectivity index (χ4v) is 3.38. The minimum atomic E-state index is -0.978. The van der Waals surface area contributed by atoms with Gasteiger partial charge in [-0.25, -0.2) is 24.1 Å². The van der Waals surface area contributed by atoms with E-state index in [9.17, 15) is 9.18 Å². The zero-order chi connectivity index (χ0) is 19.0. The first-order valence-corrected chi connectivity index (χ1v) is 8.79. The number of amides is 1. The summed E-state index contributed by atoms with van der Waals surface area (Å²) in [5.74, 6) is -0.233. The van der Waals surface area contributed by atoms with Gasteiger partial charge in [0, 0.05) is 42.5 Å². The first kappa shape index (κ1) is 17.5. The highest BCUT2D eigenvalue weighted by Gasteiger charge is 2.24. The van der Waals surface area contributed by atoms with Crippen LogP contribution in [-0.4, -0.2) is 55.2 Å². The number of hydrogen-bond acceptors (Lipinski definition) is 5. The van der Waals surface area contributed by atoms with Gasteiger partial charge in [0.1, 0.15) is 5.65 Å². The monoisotopic (exact) mass is 390 g/mol. The number of rotatable bonds is 3. The SMILES string of the molecule is O=C(O)N1CCC[C@H](Nc2nc(-c3c[nH]c4ncc(Cl)cc34)ncc2F)C1. The summed E-state index contributed by atoms with van der Waals surface area (Å²) in [7, 11) is 0. The van der Waals surface area contributed by atoms with E-state index in [0.29, 0.717) is 35.0 Å². The number of anilines is 1. The molecule has 0 radical (unpaired) electrons. The van der Waals surface area contributed by atoms with Crippen molar-refractivity contribution in [2.45, 2.75) is 18.9 Å². The Kier molecular flexibility index (Phi) is 4.53. The molecular formula is C17H16ClFN6O2. The number of aromatic amines is 1. The van der Waals surface area contributed by atoms with Crippen molar-refractivity contribution >= 4 is 34.5 Å². The van der Waals surface area contributed by atoms with Gasteiger partial charge in [-0.2, -0.15) is 0 Å². The second-order valence-corrected chi connectivity index (χ2v) is 6.79. The van der Waals surface area contributed by atoms with Crippen molar-refractivity contribution in [1.29, 1.82) is 0 Å². The Morgan fingerprint density at radius 1 is 1.41 bits per heavy atom. The van der Waals surface area contributed by atoms with E-state index in [-0.39, 0.29) is 18.4 Å². The molecule has 1 amide bonds. The number of nitrogens with zero attached hydrogens (tertiary/aromatic N) is 4. The molecule has 3 aromatic heterocycles. The maximum absolute atomic E-state index is 14.2. The molecule has 0 saturated carbocycles. The Bertz CT molecular complexity index is 1010. The molecule has 1 fully saturated rings. The van der Waals surface area contributed by atoms with Crippen LogP contribution in [0.1, 0.15) is 12.8 Å². The highest BCUT2D eigenvalue weighted by atomic mass is 35.5. The molecule has 27 heavy (non-hydrogen) atoms. The van der Waals surface area contributed by atoms with E-state index in [2.05, 4.69) is 25.3 Å². The standard InChI is InChI=1S/C17H16ClFN6O2/c18-9-4-11-12(6-21-14(11)20-5-9)15-22-7-13(19)16(24-15)23-10-2-1-3-25(8-10)17(26)27/h4-7,10H,1-3,8H2,(H,20,21)(H,26,27)(H,22,23,24)/t10-/m0/s1. The largest absolute Gasteiger partial charge is 0.465 e. The summed E-state index contributed by atoms with van der Waals surface area (Å²) in [6.45, 7) is 0.759. The van der Waals surface area contributed by atoms with Gasteiger partial charge >= 0.3 is 6.09 Å².